The Bertz CT molecular complexity index is 123. The highest BCUT2D eigenvalue weighted by atomic mass is 15.2. The standard InChI is InChI=1S/C11H24N2/c1-3-4-9-13-10-5-7-12-8-6-11(13)2/h11-12H,3-10H2,1-2H3. The number of rotatable bonds is 3. The van der Waals surface area contributed by atoms with Crippen molar-refractivity contribution in [2.75, 3.05) is 26.2 Å². The monoisotopic (exact) mass is 184 g/mol. The predicted octanol–water partition coefficient (Wildman–Crippen LogP) is 1.86. The highest BCUT2D eigenvalue weighted by Crippen LogP contribution is 2.08. The van der Waals surface area contributed by atoms with Crippen LogP contribution in [0.2, 0.25) is 0 Å². The zero-order chi connectivity index (χ0) is 9.52. The molecule has 1 aliphatic heterocycles. The molecular formula is C11H24N2. The average molecular weight is 184 g/mol. The van der Waals surface area contributed by atoms with E-state index in [0.717, 1.165) is 6.04 Å². The van der Waals surface area contributed by atoms with E-state index in [1.165, 1.54) is 51.9 Å². The first-order valence-corrected chi connectivity index (χ1v) is 5.79. The largest absolute Gasteiger partial charge is 0.317 e. The lowest BCUT2D eigenvalue weighted by atomic mass is 10.1. The van der Waals surface area contributed by atoms with Gasteiger partial charge in [-0.25, -0.2) is 0 Å². The minimum Gasteiger partial charge on any atom is -0.317 e. The third-order valence-corrected chi connectivity index (χ3v) is 2.96. The molecule has 78 valence electrons. The summed E-state index contributed by atoms with van der Waals surface area (Å²) in [6.45, 7) is 9.63. The minimum atomic E-state index is 0.777. The number of hydrogen-bond donors (Lipinski definition) is 1. The third-order valence-electron chi connectivity index (χ3n) is 2.96. The van der Waals surface area contributed by atoms with Gasteiger partial charge in [-0.3, -0.25) is 0 Å². The van der Waals surface area contributed by atoms with E-state index in [1.807, 2.05) is 0 Å². The van der Waals surface area contributed by atoms with Crippen molar-refractivity contribution in [2.45, 2.75) is 45.6 Å². The minimum absolute atomic E-state index is 0.777. The van der Waals surface area contributed by atoms with Gasteiger partial charge < -0.3 is 10.2 Å². The van der Waals surface area contributed by atoms with Crippen LogP contribution in [-0.2, 0) is 0 Å². The fraction of sp³-hybridized carbons (Fsp3) is 1.00. The lowest BCUT2D eigenvalue weighted by Crippen LogP contribution is -2.40. The van der Waals surface area contributed by atoms with Gasteiger partial charge >= 0.3 is 0 Å². The molecule has 0 aliphatic carbocycles. The molecule has 1 unspecified atom stereocenters. The second-order valence-electron chi connectivity index (χ2n) is 4.13. The van der Waals surface area contributed by atoms with Crippen LogP contribution in [-0.4, -0.2) is 37.1 Å². The molecule has 1 N–H and O–H groups in total. The lowest BCUT2D eigenvalue weighted by Gasteiger charge is -2.31. The maximum atomic E-state index is 3.47. The van der Waals surface area contributed by atoms with Gasteiger partial charge in [-0.05, 0) is 52.4 Å². The molecule has 1 atom stereocenters. The molecule has 0 saturated carbocycles. The molecule has 1 rings (SSSR count). The second kappa shape index (κ2) is 6.39. The van der Waals surface area contributed by atoms with E-state index < -0.39 is 0 Å². The van der Waals surface area contributed by atoms with Gasteiger partial charge in [0.1, 0.15) is 0 Å². The Kier molecular flexibility index (Phi) is 5.40. The maximum Gasteiger partial charge on any atom is 0.00790 e. The molecular weight excluding hydrogens is 160 g/mol. The summed E-state index contributed by atoms with van der Waals surface area (Å²) in [5.74, 6) is 0. The van der Waals surface area contributed by atoms with Crippen LogP contribution in [0.5, 0.6) is 0 Å². The molecule has 1 heterocycles. The Morgan fingerprint density at radius 3 is 3.00 bits per heavy atom. The number of hydrogen-bond acceptors (Lipinski definition) is 2. The SMILES string of the molecule is CCCCN1CCCNCCC1C. The van der Waals surface area contributed by atoms with E-state index in [-0.39, 0.29) is 0 Å². The van der Waals surface area contributed by atoms with Crippen molar-refractivity contribution in [3.63, 3.8) is 0 Å². The molecule has 1 fully saturated rings. The summed E-state index contributed by atoms with van der Waals surface area (Å²) in [6, 6.07) is 0.777. The van der Waals surface area contributed by atoms with Crippen LogP contribution in [0.25, 0.3) is 0 Å². The Morgan fingerprint density at radius 2 is 2.23 bits per heavy atom. The first-order valence-electron chi connectivity index (χ1n) is 5.79. The van der Waals surface area contributed by atoms with Crippen LogP contribution in [0.1, 0.15) is 39.5 Å². The van der Waals surface area contributed by atoms with E-state index in [1.54, 1.807) is 0 Å². The molecule has 13 heavy (non-hydrogen) atoms. The zero-order valence-electron chi connectivity index (χ0n) is 9.18. The van der Waals surface area contributed by atoms with Gasteiger partial charge in [0.2, 0.25) is 0 Å². The molecule has 1 saturated heterocycles. The number of unbranched alkanes of at least 4 members (excludes halogenated alkanes) is 1. The van der Waals surface area contributed by atoms with Crippen molar-refractivity contribution in [3.05, 3.63) is 0 Å². The van der Waals surface area contributed by atoms with E-state index in [4.69, 9.17) is 0 Å². The Balaban J connectivity index is 2.28. The molecule has 0 aromatic heterocycles. The predicted molar refractivity (Wildman–Crippen MR) is 58.0 cm³/mol. The van der Waals surface area contributed by atoms with Crippen molar-refractivity contribution in [3.8, 4) is 0 Å². The van der Waals surface area contributed by atoms with E-state index in [9.17, 15) is 0 Å². The summed E-state index contributed by atoms with van der Waals surface area (Å²) in [4.78, 5) is 2.66. The molecule has 0 bridgehead atoms. The van der Waals surface area contributed by atoms with Crippen molar-refractivity contribution >= 4 is 0 Å². The first-order chi connectivity index (χ1) is 6.34. The van der Waals surface area contributed by atoms with Gasteiger partial charge in [-0.1, -0.05) is 13.3 Å². The average Bonchev–Trinajstić information content (AvgIpc) is 2.11. The molecule has 2 heteroatoms. The normalized spacial score (nSPS) is 26.8. The van der Waals surface area contributed by atoms with Crippen LogP contribution in [0, 0.1) is 0 Å². The summed E-state index contributed by atoms with van der Waals surface area (Å²) in [6.07, 6.45) is 5.30. The van der Waals surface area contributed by atoms with Gasteiger partial charge in [0.05, 0.1) is 0 Å². The Labute approximate surface area is 82.7 Å². The number of nitrogens with one attached hydrogen (secondary N) is 1. The Hall–Kier alpha value is -0.0800. The van der Waals surface area contributed by atoms with E-state index in [0.29, 0.717) is 0 Å². The van der Waals surface area contributed by atoms with Crippen molar-refractivity contribution < 1.29 is 0 Å². The first kappa shape index (κ1) is 11.0. The highest BCUT2D eigenvalue weighted by Gasteiger charge is 2.14. The quantitative estimate of drug-likeness (QED) is 0.720. The molecule has 0 radical (unpaired) electrons. The smallest absolute Gasteiger partial charge is 0.00790 e. The van der Waals surface area contributed by atoms with E-state index in [2.05, 4.69) is 24.1 Å². The summed E-state index contributed by atoms with van der Waals surface area (Å²) in [7, 11) is 0. The second-order valence-corrected chi connectivity index (χ2v) is 4.13. The van der Waals surface area contributed by atoms with E-state index >= 15 is 0 Å². The molecule has 0 spiro atoms. The van der Waals surface area contributed by atoms with Crippen LogP contribution in [0.4, 0.5) is 0 Å². The zero-order valence-corrected chi connectivity index (χ0v) is 9.18. The molecule has 1 aliphatic rings. The van der Waals surface area contributed by atoms with Crippen molar-refractivity contribution in [1.29, 1.82) is 0 Å². The Morgan fingerprint density at radius 1 is 1.38 bits per heavy atom. The highest BCUT2D eigenvalue weighted by molar-refractivity contribution is 4.71. The lowest BCUT2D eigenvalue weighted by molar-refractivity contribution is 0.183. The van der Waals surface area contributed by atoms with Gasteiger partial charge in [0.25, 0.3) is 0 Å². The fourth-order valence-corrected chi connectivity index (χ4v) is 1.94. The summed E-state index contributed by atoms with van der Waals surface area (Å²) >= 11 is 0. The van der Waals surface area contributed by atoms with Crippen molar-refractivity contribution in [2.24, 2.45) is 0 Å². The topological polar surface area (TPSA) is 15.3 Å². The van der Waals surface area contributed by atoms with Gasteiger partial charge in [-0.2, -0.15) is 0 Å². The third kappa shape index (κ3) is 4.10. The van der Waals surface area contributed by atoms with Gasteiger partial charge in [0.15, 0.2) is 0 Å². The van der Waals surface area contributed by atoms with Crippen LogP contribution >= 0.6 is 0 Å². The van der Waals surface area contributed by atoms with Crippen LogP contribution in [0.15, 0.2) is 0 Å². The fourth-order valence-electron chi connectivity index (χ4n) is 1.94. The van der Waals surface area contributed by atoms with Gasteiger partial charge in [0, 0.05) is 6.04 Å². The maximum absolute atomic E-state index is 3.47. The molecule has 0 amide bonds. The number of nitrogens with zero attached hydrogens (tertiary/aromatic N) is 1. The van der Waals surface area contributed by atoms with Gasteiger partial charge in [-0.15, -0.1) is 0 Å². The summed E-state index contributed by atoms with van der Waals surface area (Å²) < 4.78 is 0. The van der Waals surface area contributed by atoms with Crippen LogP contribution in [0.3, 0.4) is 0 Å². The molecule has 0 aromatic carbocycles. The molecule has 2 nitrogen and oxygen atoms in total. The summed E-state index contributed by atoms with van der Waals surface area (Å²) in [5, 5.41) is 3.47. The van der Waals surface area contributed by atoms with Crippen molar-refractivity contribution in [1.82, 2.24) is 10.2 Å². The summed E-state index contributed by atoms with van der Waals surface area (Å²) in [5.41, 5.74) is 0. The van der Waals surface area contributed by atoms with Crippen LogP contribution < -0.4 is 5.32 Å². The molecule has 0 aromatic rings.